The molecule has 0 aliphatic carbocycles. The molecule has 2 N–H and O–H groups in total. The first kappa shape index (κ1) is 24.7. The lowest BCUT2D eigenvalue weighted by Gasteiger charge is -2.36. The van der Waals surface area contributed by atoms with Gasteiger partial charge in [0.1, 0.15) is 23.6 Å². The number of aromatic amines is 1. The normalized spacial score (nSPS) is 18.0. The van der Waals surface area contributed by atoms with Crippen LogP contribution in [0.1, 0.15) is 39.0 Å². The summed E-state index contributed by atoms with van der Waals surface area (Å²) in [5.74, 6) is 0.458. The Hall–Kier alpha value is -5.31. The molecule has 2 aliphatic rings. The van der Waals surface area contributed by atoms with Crippen LogP contribution < -0.4 is 15.0 Å². The van der Waals surface area contributed by atoms with Gasteiger partial charge in [-0.15, -0.1) is 0 Å². The summed E-state index contributed by atoms with van der Waals surface area (Å²) in [5.41, 5.74) is 4.09. The number of hydrogen-bond acceptors (Lipinski definition) is 5. The number of para-hydroxylation sites is 2. The average molecular weight is 547 g/mol. The van der Waals surface area contributed by atoms with Crippen LogP contribution in [0.5, 0.6) is 5.75 Å². The maximum absolute atomic E-state index is 14.3. The molecule has 0 saturated carbocycles. The van der Waals surface area contributed by atoms with Gasteiger partial charge in [-0.25, -0.2) is 9.69 Å². The number of furan rings is 1. The molecule has 4 amide bonds. The number of aromatic nitrogens is 1. The Morgan fingerprint density at radius 1 is 1.02 bits per heavy atom. The zero-order valence-corrected chi connectivity index (χ0v) is 22.2. The second kappa shape index (κ2) is 9.71. The van der Waals surface area contributed by atoms with Gasteiger partial charge in [0, 0.05) is 23.0 Å². The molecule has 0 bridgehead atoms. The molecular weight excluding hydrogens is 520 g/mol. The lowest BCUT2D eigenvalue weighted by molar-refractivity contribution is -0.120. The van der Waals surface area contributed by atoms with Gasteiger partial charge in [-0.1, -0.05) is 42.5 Å². The number of H-pyrrole nitrogens is 1. The van der Waals surface area contributed by atoms with Gasteiger partial charge >= 0.3 is 6.03 Å². The monoisotopic (exact) mass is 546 g/mol. The van der Waals surface area contributed by atoms with Crippen LogP contribution in [0.25, 0.3) is 10.9 Å². The number of urea groups is 1. The van der Waals surface area contributed by atoms with Crippen LogP contribution in [0, 0.1) is 0 Å². The molecule has 0 radical (unpaired) electrons. The summed E-state index contributed by atoms with van der Waals surface area (Å²) in [6, 6.07) is 23.9. The number of anilines is 1. The lowest BCUT2D eigenvalue weighted by atomic mass is 9.89. The van der Waals surface area contributed by atoms with E-state index in [4.69, 9.17) is 9.15 Å². The van der Waals surface area contributed by atoms with E-state index in [-0.39, 0.29) is 23.7 Å². The molecule has 1 fully saturated rings. The average Bonchev–Trinajstić information content (AvgIpc) is 3.72. The van der Waals surface area contributed by atoms with E-state index in [1.54, 1.807) is 48.4 Å². The Kier molecular flexibility index (Phi) is 5.85. The molecule has 2 atom stereocenters. The van der Waals surface area contributed by atoms with Crippen molar-refractivity contribution in [3.8, 4) is 5.75 Å². The van der Waals surface area contributed by atoms with Crippen LogP contribution in [-0.2, 0) is 17.8 Å². The fourth-order valence-corrected chi connectivity index (χ4v) is 5.99. The van der Waals surface area contributed by atoms with Gasteiger partial charge in [0.2, 0.25) is 0 Å². The Labute approximate surface area is 235 Å². The number of carbonyl (C=O) groups excluding carboxylic acids is 3. The number of methoxy groups -OCH3 is 1. The summed E-state index contributed by atoms with van der Waals surface area (Å²) in [6.45, 7) is 0.177. The standard InChI is InChI=1S/C32H26N4O5/c1-40-20-9-6-8-19(16-20)29-28-24(22-11-2-4-13-25(22)34-28)17-27-31(38)36(32(39)35(27)29)26-14-5-3-12-23(26)30(37)33-18-21-10-7-15-41-21/h2-16,27,29,34H,17-18H2,1H3,(H,33,37). The zero-order chi connectivity index (χ0) is 28.1. The zero-order valence-electron chi connectivity index (χ0n) is 22.2. The highest BCUT2D eigenvalue weighted by Gasteiger charge is 2.53. The number of benzene rings is 3. The quantitative estimate of drug-likeness (QED) is 0.285. The van der Waals surface area contributed by atoms with Crippen molar-refractivity contribution in [1.29, 1.82) is 0 Å². The minimum atomic E-state index is -0.746. The van der Waals surface area contributed by atoms with Crippen molar-refractivity contribution in [3.63, 3.8) is 0 Å². The smallest absolute Gasteiger partial charge is 0.332 e. The third-order valence-electron chi connectivity index (χ3n) is 7.85. The SMILES string of the molecule is COc1cccc(C2c3[nH]c4ccccc4c3CC3C(=O)N(c4ccccc4C(=O)NCc4ccco4)C(=O)N32)c1. The lowest BCUT2D eigenvalue weighted by Crippen LogP contribution is -2.44. The van der Waals surface area contributed by atoms with Crippen LogP contribution in [-0.4, -0.2) is 40.9 Å². The first-order chi connectivity index (χ1) is 20.0. The fourth-order valence-electron chi connectivity index (χ4n) is 5.99. The van der Waals surface area contributed by atoms with Crippen LogP contribution in [0.3, 0.4) is 0 Å². The van der Waals surface area contributed by atoms with E-state index in [0.29, 0.717) is 17.9 Å². The molecule has 0 spiro atoms. The first-order valence-electron chi connectivity index (χ1n) is 13.3. The van der Waals surface area contributed by atoms with Crippen LogP contribution in [0.15, 0.2) is 95.6 Å². The molecule has 41 heavy (non-hydrogen) atoms. The van der Waals surface area contributed by atoms with Crippen molar-refractivity contribution >= 4 is 34.4 Å². The molecule has 9 heteroatoms. The van der Waals surface area contributed by atoms with Crippen LogP contribution in [0.2, 0.25) is 0 Å². The second-order valence-electron chi connectivity index (χ2n) is 10.1. The number of rotatable bonds is 6. The molecule has 204 valence electrons. The predicted octanol–water partition coefficient (Wildman–Crippen LogP) is 5.18. The number of fused-ring (bicyclic) bond motifs is 4. The van der Waals surface area contributed by atoms with Crippen molar-refractivity contribution in [2.24, 2.45) is 0 Å². The molecule has 5 aromatic rings. The van der Waals surface area contributed by atoms with E-state index < -0.39 is 24.0 Å². The number of carbonyl (C=O) groups is 3. The van der Waals surface area contributed by atoms with Crippen molar-refractivity contribution < 1.29 is 23.5 Å². The summed E-state index contributed by atoms with van der Waals surface area (Å²) in [6.07, 6.45) is 1.89. The molecule has 7 rings (SSSR count). The Morgan fingerprint density at radius 3 is 2.68 bits per heavy atom. The van der Waals surface area contributed by atoms with Crippen molar-refractivity contribution in [2.45, 2.75) is 25.0 Å². The van der Waals surface area contributed by atoms with Crippen molar-refractivity contribution in [1.82, 2.24) is 15.2 Å². The summed E-state index contributed by atoms with van der Waals surface area (Å²) in [5, 5.41) is 3.84. The highest BCUT2D eigenvalue weighted by molar-refractivity contribution is 6.24. The van der Waals surface area contributed by atoms with Crippen molar-refractivity contribution in [2.75, 3.05) is 12.0 Å². The number of hydrogen-bond donors (Lipinski definition) is 2. The maximum atomic E-state index is 14.3. The maximum Gasteiger partial charge on any atom is 0.332 e. The third kappa shape index (κ3) is 3.97. The summed E-state index contributed by atoms with van der Waals surface area (Å²) in [4.78, 5) is 47.9. The van der Waals surface area contributed by atoms with Gasteiger partial charge in [-0.2, -0.15) is 0 Å². The van der Waals surface area contributed by atoms with E-state index >= 15 is 0 Å². The first-order valence-corrected chi connectivity index (χ1v) is 13.3. The summed E-state index contributed by atoms with van der Waals surface area (Å²) in [7, 11) is 1.59. The Balaban J connectivity index is 1.31. The number of ether oxygens (including phenoxy) is 1. The molecule has 2 aromatic heterocycles. The van der Waals surface area contributed by atoms with E-state index in [1.165, 1.54) is 6.26 Å². The predicted molar refractivity (Wildman–Crippen MR) is 152 cm³/mol. The Morgan fingerprint density at radius 2 is 1.85 bits per heavy atom. The number of nitrogens with zero attached hydrogens (tertiary/aromatic N) is 2. The highest BCUT2D eigenvalue weighted by Crippen LogP contribution is 2.45. The molecule has 2 unspecified atom stereocenters. The molecule has 9 nitrogen and oxygen atoms in total. The highest BCUT2D eigenvalue weighted by atomic mass is 16.5. The topological polar surface area (TPSA) is 108 Å². The van der Waals surface area contributed by atoms with E-state index in [1.807, 2.05) is 48.5 Å². The third-order valence-corrected chi connectivity index (χ3v) is 7.85. The minimum absolute atomic E-state index is 0.177. The van der Waals surface area contributed by atoms with Gasteiger partial charge in [-0.05, 0) is 53.6 Å². The van der Waals surface area contributed by atoms with E-state index in [2.05, 4.69) is 10.3 Å². The number of amides is 4. The van der Waals surface area contributed by atoms with Gasteiger partial charge < -0.3 is 19.5 Å². The van der Waals surface area contributed by atoms with Gasteiger partial charge in [-0.3, -0.25) is 14.5 Å². The number of nitrogens with one attached hydrogen (secondary N) is 2. The minimum Gasteiger partial charge on any atom is -0.497 e. The van der Waals surface area contributed by atoms with Crippen molar-refractivity contribution in [3.05, 3.63) is 119 Å². The summed E-state index contributed by atoms with van der Waals surface area (Å²) >= 11 is 0. The largest absolute Gasteiger partial charge is 0.497 e. The Bertz CT molecular complexity index is 1810. The molecule has 3 aromatic carbocycles. The second-order valence-corrected chi connectivity index (χ2v) is 10.1. The van der Waals surface area contributed by atoms with Crippen LogP contribution >= 0.6 is 0 Å². The number of imide groups is 1. The van der Waals surface area contributed by atoms with Gasteiger partial charge in [0.25, 0.3) is 11.8 Å². The molecule has 2 aliphatic heterocycles. The van der Waals surface area contributed by atoms with E-state index in [9.17, 15) is 14.4 Å². The van der Waals surface area contributed by atoms with E-state index in [0.717, 1.165) is 32.6 Å². The van der Waals surface area contributed by atoms with Gasteiger partial charge in [0.05, 0.1) is 31.2 Å². The van der Waals surface area contributed by atoms with Crippen LogP contribution in [0.4, 0.5) is 10.5 Å². The molecular formula is C32H26N4O5. The summed E-state index contributed by atoms with van der Waals surface area (Å²) < 4.78 is 10.8. The molecule has 1 saturated heterocycles. The fraction of sp³-hybridized carbons (Fsp3) is 0.156. The molecule has 4 heterocycles. The van der Waals surface area contributed by atoms with Gasteiger partial charge in [0.15, 0.2) is 0 Å².